The molecule has 2 aromatic rings. The minimum atomic E-state index is -0.126. The van der Waals surface area contributed by atoms with Crippen LogP contribution in [0.1, 0.15) is 19.7 Å². The van der Waals surface area contributed by atoms with Crippen LogP contribution in [0.15, 0.2) is 29.6 Å². The van der Waals surface area contributed by atoms with Crippen LogP contribution in [0.2, 0.25) is 0 Å². The first-order valence-corrected chi connectivity index (χ1v) is 5.91. The highest BCUT2D eigenvalue weighted by Gasteiger charge is 2.11. The molecular weight excluding hydrogens is 230 g/mol. The quantitative estimate of drug-likeness (QED) is 0.855. The Bertz CT molecular complexity index is 584. The van der Waals surface area contributed by atoms with E-state index in [9.17, 15) is 4.79 Å². The van der Waals surface area contributed by atoms with Gasteiger partial charge in [-0.1, -0.05) is 13.8 Å². The molecule has 0 atom stereocenters. The first-order valence-electron chi connectivity index (χ1n) is 5.91. The number of aromatic nitrogens is 4. The molecule has 18 heavy (non-hydrogen) atoms. The third-order valence-electron chi connectivity index (χ3n) is 2.59. The lowest BCUT2D eigenvalue weighted by Crippen LogP contribution is -2.27. The third kappa shape index (κ3) is 2.33. The minimum Gasteiger partial charge on any atom is -0.324 e. The number of rotatable bonds is 4. The highest BCUT2D eigenvalue weighted by molar-refractivity contribution is 5.21. The molecule has 2 rings (SSSR count). The lowest BCUT2D eigenvalue weighted by atomic mass is 10.2. The molecule has 2 N–H and O–H groups in total. The van der Waals surface area contributed by atoms with Gasteiger partial charge in [0.15, 0.2) is 0 Å². The molecule has 0 aliphatic carbocycles. The van der Waals surface area contributed by atoms with E-state index in [2.05, 4.69) is 23.8 Å². The maximum Gasteiger partial charge on any atom is 0.294 e. The number of nitrogens with two attached hydrogens (primary N) is 1. The van der Waals surface area contributed by atoms with Crippen molar-refractivity contribution in [2.75, 3.05) is 0 Å². The van der Waals surface area contributed by atoms with Crippen LogP contribution in [0.3, 0.4) is 0 Å². The molecule has 0 aromatic carbocycles. The average Bonchev–Trinajstić information content (AvgIpc) is 2.79. The van der Waals surface area contributed by atoms with Gasteiger partial charge in [0.1, 0.15) is 5.82 Å². The second kappa shape index (κ2) is 5.14. The molecule has 0 saturated carbocycles. The number of hydrogen-bond donors (Lipinski definition) is 1. The molecule has 0 saturated heterocycles. The molecular formula is C12H17N5O. The zero-order valence-corrected chi connectivity index (χ0v) is 10.6. The van der Waals surface area contributed by atoms with E-state index in [1.54, 1.807) is 33.9 Å². The normalized spacial score (nSPS) is 11.1. The van der Waals surface area contributed by atoms with Gasteiger partial charge >= 0.3 is 0 Å². The van der Waals surface area contributed by atoms with E-state index in [1.807, 2.05) is 0 Å². The second-order valence-electron chi connectivity index (χ2n) is 4.52. The Labute approximate surface area is 105 Å². The van der Waals surface area contributed by atoms with E-state index in [0.717, 1.165) is 0 Å². The predicted octanol–water partition coefficient (Wildman–Crippen LogP) is 0.544. The van der Waals surface area contributed by atoms with Crippen molar-refractivity contribution in [3.05, 3.63) is 41.0 Å². The van der Waals surface area contributed by atoms with Crippen LogP contribution in [0.5, 0.6) is 0 Å². The predicted molar refractivity (Wildman–Crippen MR) is 68.3 cm³/mol. The van der Waals surface area contributed by atoms with Gasteiger partial charge in [-0.3, -0.25) is 9.36 Å². The van der Waals surface area contributed by atoms with Crippen molar-refractivity contribution in [3.63, 3.8) is 0 Å². The fourth-order valence-electron chi connectivity index (χ4n) is 1.82. The Kier molecular flexibility index (Phi) is 3.57. The molecule has 0 fully saturated rings. The molecule has 6 nitrogen and oxygen atoms in total. The SMILES string of the molecule is CC(C)Cn1ccnc(-n2ccnc2CN)c1=O. The van der Waals surface area contributed by atoms with Gasteiger partial charge in [0.2, 0.25) is 5.82 Å². The summed E-state index contributed by atoms with van der Waals surface area (Å²) >= 11 is 0. The van der Waals surface area contributed by atoms with Crippen molar-refractivity contribution in [1.82, 2.24) is 19.1 Å². The smallest absolute Gasteiger partial charge is 0.294 e. The van der Waals surface area contributed by atoms with Crippen LogP contribution in [-0.4, -0.2) is 19.1 Å². The molecule has 2 heterocycles. The van der Waals surface area contributed by atoms with Gasteiger partial charge in [-0.15, -0.1) is 0 Å². The summed E-state index contributed by atoms with van der Waals surface area (Å²) in [5.74, 6) is 1.37. The molecule has 2 aromatic heterocycles. The molecule has 0 amide bonds. The first-order chi connectivity index (χ1) is 8.63. The van der Waals surface area contributed by atoms with Crippen LogP contribution >= 0.6 is 0 Å². The Morgan fingerprint density at radius 2 is 2.00 bits per heavy atom. The van der Waals surface area contributed by atoms with Gasteiger partial charge in [-0.25, -0.2) is 9.97 Å². The van der Waals surface area contributed by atoms with Gasteiger partial charge < -0.3 is 10.3 Å². The topological polar surface area (TPSA) is 78.7 Å². The summed E-state index contributed by atoms with van der Waals surface area (Å²) in [6.07, 6.45) is 6.64. The Hall–Kier alpha value is -1.95. The van der Waals surface area contributed by atoms with Crippen molar-refractivity contribution in [2.45, 2.75) is 26.9 Å². The minimum absolute atomic E-state index is 0.126. The van der Waals surface area contributed by atoms with Gasteiger partial charge in [-0.05, 0) is 5.92 Å². The molecule has 0 aliphatic heterocycles. The average molecular weight is 247 g/mol. The van der Waals surface area contributed by atoms with Crippen molar-refractivity contribution in [3.8, 4) is 5.82 Å². The first kappa shape index (κ1) is 12.5. The fourth-order valence-corrected chi connectivity index (χ4v) is 1.82. The highest BCUT2D eigenvalue weighted by Crippen LogP contribution is 2.03. The summed E-state index contributed by atoms with van der Waals surface area (Å²) in [6, 6.07) is 0. The number of nitrogens with zero attached hydrogens (tertiary/aromatic N) is 4. The van der Waals surface area contributed by atoms with Crippen molar-refractivity contribution >= 4 is 0 Å². The monoisotopic (exact) mass is 247 g/mol. The van der Waals surface area contributed by atoms with E-state index < -0.39 is 0 Å². The summed E-state index contributed by atoms with van der Waals surface area (Å²) in [6.45, 7) is 5.07. The summed E-state index contributed by atoms with van der Waals surface area (Å²) in [7, 11) is 0. The van der Waals surface area contributed by atoms with E-state index in [-0.39, 0.29) is 12.1 Å². The van der Waals surface area contributed by atoms with E-state index in [4.69, 9.17) is 5.73 Å². The van der Waals surface area contributed by atoms with E-state index in [0.29, 0.717) is 24.1 Å². The van der Waals surface area contributed by atoms with Crippen LogP contribution < -0.4 is 11.3 Å². The maximum atomic E-state index is 12.3. The summed E-state index contributed by atoms with van der Waals surface area (Å²) < 4.78 is 3.30. The van der Waals surface area contributed by atoms with Gasteiger partial charge in [0, 0.05) is 31.3 Å². The van der Waals surface area contributed by atoms with Crippen molar-refractivity contribution < 1.29 is 0 Å². The largest absolute Gasteiger partial charge is 0.324 e. The molecule has 0 spiro atoms. The summed E-state index contributed by atoms with van der Waals surface area (Å²) in [5.41, 5.74) is 5.46. The van der Waals surface area contributed by atoms with Gasteiger partial charge in [0.05, 0.1) is 6.54 Å². The van der Waals surface area contributed by atoms with Crippen LogP contribution in [0.4, 0.5) is 0 Å². The Morgan fingerprint density at radius 1 is 1.28 bits per heavy atom. The molecule has 96 valence electrons. The Morgan fingerprint density at radius 3 is 2.67 bits per heavy atom. The number of hydrogen-bond acceptors (Lipinski definition) is 4. The molecule has 0 bridgehead atoms. The summed E-state index contributed by atoms with van der Waals surface area (Å²) in [5, 5.41) is 0. The standard InChI is InChI=1S/C12H17N5O/c1-9(2)8-16-5-3-15-11(12(16)18)17-6-4-14-10(17)7-13/h3-6,9H,7-8,13H2,1-2H3. The molecule has 0 aliphatic rings. The van der Waals surface area contributed by atoms with E-state index >= 15 is 0 Å². The second-order valence-corrected chi connectivity index (χ2v) is 4.52. The molecule has 0 unspecified atom stereocenters. The lowest BCUT2D eigenvalue weighted by Gasteiger charge is -2.10. The highest BCUT2D eigenvalue weighted by atomic mass is 16.1. The van der Waals surface area contributed by atoms with Crippen molar-refractivity contribution in [1.29, 1.82) is 0 Å². The molecule has 0 radical (unpaired) electrons. The van der Waals surface area contributed by atoms with Crippen LogP contribution in [-0.2, 0) is 13.1 Å². The van der Waals surface area contributed by atoms with Crippen LogP contribution in [0, 0.1) is 5.92 Å². The van der Waals surface area contributed by atoms with Gasteiger partial charge in [0.25, 0.3) is 5.56 Å². The van der Waals surface area contributed by atoms with Crippen LogP contribution in [0.25, 0.3) is 5.82 Å². The lowest BCUT2D eigenvalue weighted by molar-refractivity contribution is 0.507. The zero-order chi connectivity index (χ0) is 13.1. The molecule has 6 heteroatoms. The number of imidazole rings is 1. The zero-order valence-electron chi connectivity index (χ0n) is 10.6. The summed E-state index contributed by atoms with van der Waals surface area (Å²) in [4.78, 5) is 20.5. The van der Waals surface area contributed by atoms with Crippen molar-refractivity contribution in [2.24, 2.45) is 11.7 Å². The van der Waals surface area contributed by atoms with E-state index in [1.165, 1.54) is 0 Å². The fraction of sp³-hybridized carbons (Fsp3) is 0.417. The van der Waals surface area contributed by atoms with Gasteiger partial charge in [-0.2, -0.15) is 0 Å². The third-order valence-corrected chi connectivity index (χ3v) is 2.59. The maximum absolute atomic E-state index is 12.3. The Balaban J connectivity index is 2.49.